The Bertz CT molecular complexity index is 3990. The minimum atomic E-state index is -0.118. The standard InChI is InChI=1S/C65H54BN3S/c1-63(2,3)39-29-33-42(34-30-39)67-53-27-18-28-54-57(53)66(61-60(67)50-37-49-46-23-16-17-26-51(46)65(7,8)52(49)38-55(50)70-61)58-56-47-24-14-12-21-44(47)45-22-13-15-25-48(45)59(56)69(41-19-10-9-11-20-41)62(58)68(54)43-35-31-40(32-36-43)64(4,5)6/h9-38H,1-8H3. The van der Waals surface area contributed by atoms with E-state index in [-0.39, 0.29) is 23.0 Å². The molecule has 0 amide bonds. The van der Waals surface area contributed by atoms with E-state index in [1.54, 1.807) is 0 Å². The summed E-state index contributed by atoms with van der Waals surface area (Å²) in [4.78, 5) is 5.24. The van der Waals surface area contributed by atoms with Crippen molar-refractivity contribution < 1.29 is 0 Å². The molecule has 1 aliphatic carbocycles. The number of thiophene rings is 1. The van der Waals surface area contributed by atoms with Crippen LogP contribution in [0.5, 0.6) is 0 Å². The second-order valence-corrected chi connectivity index (χ2v) is 23.6. The van der Waals surface area contributed by atoms with Crippen LogP contribution in [-0.2, 0) is 16.2 Å². The molecule has 0 fully saturated rings. The molecule has 0 bridgehead atoms. The van der Waals surface area contributed by atoms with Crippen molar-refractivity contribution in [3.63, 3.8) is 0 Å². The van der Waals surface area contributed by atoms with Crippen LogP contribution in [-0.4, -0.2) is 11.3 Å². The molecule has 0 spiro atoms. The predicted molar refractivity (Wildman–Crippen MR) is 303 cm³/mol. The lowest BCUT2D eigenvalue weighted by Crippen LogP contribution is -2.60. The van der Waals surface area contributed by atoms with Gasteiger partial charge in [0.1, 0.15) is 5.82 Å². The molecule has 2 aliphatic heterocycles. The fraction of sp³-hybridized carbons (Fsp3) is 0.169. The molecule has 0 saturated carbocycles. The fourth-order valence-corrected chi connectivity index (χ4v) is 14.0. The molecular weight excluding hydrogens is 866 g/mol. The van der Waals surface area contributed by atoms with Gasteiger partial charge >= 0.3 is 0 Å². The summed E-state index contributed by atoms with van der Waals surface area (Å²) in [7, 11) is 0. The molecule has 4 heterocycles. The number of fused-ring (bicyclic) bond motifs is 16. The summed E-state index contributed by atoms with van der Waals surface area (Å²) in [6, 6.07) is 69.6. The van der Waals surface area contributed by atoms with Crippen LogP contribution in [0, 0.1) is 0 Å². The van der Waals surface area contributed by atoms with Crippen molar-refractivity contribution in [2.24, 2.45) is 0 Å². The van der Waals surface area contributed by atoms with Gasteiger partial charge in [0.15, 0.2) is 0 Å². The van der Waals surface area contributed by atoms with E-state index in [4.69, 9.17) is 0 Å². The first-order chi connectivity index (χ1) is 33.8. The maximum atomic E-state index is 2.63. The van der Waals surface area contributed by atoms with Crippen LogP contribution in [0.25, 0.3) is 59.3 Å². The average molecular weight is 920 g/mol. The Morgan fingerprint density at radius 3 is 1.67 bits per heavy atom. The van der Waals surface area contributed by atoms with Crippen molar-refractivity contribution >= 4 is 111 Å². The van der Waals surface area contributed by atoms with Crippen LogP contribution in [0.2, 0.25) is 0 Å². The minimum Gasteiger partial charge on any atom is -0.310 e. The summed E-state index contributed by atoms with van der Waals surface area (Å²) in [5.74, 6) is 1.20. The largest absolute Gasteiger partial charge is 0.310 e. The first-order valence-corrected chi connectivity index (χ1v) is 25.8. The van der Waals surface area contributed by atoms with Crippen LogP contribution in [0.4, 0.5) is 34.3 Å². The summed E-state index contributed by atoms with van der Waals surface area (Å²) in [6.45, 7) is 18.6. The normalized spacial score (nSPS) is 14.6. The predicted octanol–water partition coefficient (Wildman–Crippen LogP) is 16.1. The summed E-state index contributed by atoms with van der Waals surface area (Å²) in [5, 5.41) is 7.72. The number of para-hydroxylation sites is 1. The molecule has 70 heavy (non-hydrogen) atoms. The van der Waals surface area contributed by atoms with E-state index in [1.165, 1.54) is 120 Å². The molecule has 0 N–H and O–H groups in total. The number of anilines is 6. The van der Waals surface area contributed by atoms with Crippen LogP contribution in [0.15, 0.2) is 182 Å². The molecule has 338 valence electrons. The van der Waals surface area contributed by atoms with Crippen molar-refractivity contribution in [3.05, 3.63) is 204 Å². The third-order valence-electron chi connectivity index (χ3n) is 16.1. The zero-order valence-corrected chi connectivity index (χ0v) is 42.0. The number of rotatable bonds is 3. The fourth-order valence-electron chi connectivity index (χ4n) is 12.6. The van der Waals surface area contributed by atoms with Crippen molar-refractivity contribution in [2.45, 2.75) is 71.6 Å². The second-order valence-electron chi connectivity index (χ2n) is 22.5. The second kappa shape index (κ2) is 14.4. The molecule has 0 atom stereocenters. The Balaban J connectivity index is 1.18. The molecule has 2 aromatic heterocycles. The zero-order valence-electron chi connectivity index (χ0n) is 41.1. The Kier molecular flexibility index (Phi) is 8.54. The molecule has 3 aliphatic rings. The zero-order chi connectivity index (χ0) is 47.6. The number of benzene rings is 9. The molecular formula is C65H54BN3S. The van der Waals surface area contributed by atoms with E-state index in [0.29, 0.717) is 0 Å². The highest BCUT2D eigenvalue weighted by atomic mass is 32.1. The quantitative estimate of drug-likeness (QED) is 0.129. The maximum Gasteiger partial charge on any atom is 0.267 e. The third kappa shape index (κ3) is 5.64. The van der Waals surface area contributed by atoms with E-state index in [2.05, 4.69) is 252 Å². The van der Waals surface area contributed by atoms with Crippen LogP contribution in [0.1, 0.15) is 77.6 Å². The first-order valence-electron chi connectivity index (χ1n) is 25.0. The lowest BCUT2D eigenvalue weighted by Gasteiger charge is -2.42. The van der Waals surface area contributed by atoms with Gasteiger partial charge in [0, 0.05) is 59.5 Å². The van der Waals surface area contributed by atoms with E-state index < -0.39 is 0 Å². The van der Waals surface area contributed by atoms with Crippen molar-refractivity contribution in [1.82, 2.24) is 4.57 Å². The van der Waals surface area contributed by atoms with Crippen molar-refractivity contribution in [2.75, 3.05) is 9.80 Å². The average Bonchev–Trinajstić information content (AvgIpc) is 3.99. The number of hydrogen-bond acceptors (Lipinski definition) is 3. The van der Waals surface area contributed by atoms with E-state index >= 15 is 0 Å². The monoisotopic (exact) mass is 919 g/mol. The molecule has 9 aromatic carbocycles. The molecule has 14 rings (SSSR count). The van der Waals surface area contributed by atoms with Gasteiger partial charge in [-0.1, -0.05) is 177 Å². The maximum absolute atomic E-state index is 2.63. The van der Waals surface area contributed by atoms with Gasteiger partial charge in [0.25, 0.3) is 6.71 Å². The highest BCUT2D eigenvalue weighted by Gasteiger charge is 2.49. The topological polar surface area (TPSA) is 11.4 Å². The molecule has 0 radical (unpaired) electrons. The first kappa shape index (κ1) is 41.6. The SMILES string of the molecule is CC(C)(C)c1ccc(N2c3cccc4c3B(c3sc5cc6c(cc5c32)-c2ccccc2C6(C)C)c2c(n(-c3ccccc3)c3c5ccccc5c5ccccc5c23)N4c2ccc(C(C)(C)C)cc2)cc1. The van der Waals surface area contributed by atoms with Gasteiger partial charge in [-0.05, 0) is 132 Å². The highest BCUT2D eigenvalue weighted by Crippen LogP contribution is 2.55. The van der Waals surface area contributed by atoms with Gasteiger partial charge in [-0.15, -0.1) is 11.3 Å². The summed E-state index contributed by atoms with van der Waals surface area (Å²) in [5.41, 5.74) is 19.2. The minimum absolute atomic E-state index is 0.0114. The molecule has 0 saturated heterocycles. The Morgan fingerprint density at radius 1 is 0.457 bits per heavy atom. The van der Waals surface area contributed by atoms with Gasteiger partial charge in [0.05, 0.1) is 11.2 Å². The lowest BCUT2D eigenvalue weighted by molar-refractivity contribution is 0.590. The highest BCUT2D eigenvalue weighted by molar-refractivity contribution is 7.34. The van der Waals surface area contributed by atoms with E-state index in [9.17, 15) is 0 Å². The van der Waals surface area contributed by atoms with Gasteiger partial charge < -0.3 is 4.90 Å². The number of nitrogens with zero attached hydrogens (tertiary/aromatic N) is 3. The van der Waals surface area contributed by atoms with Gasteiger partial charge in [0.2, 0.25) is 0 Å². The van der Waals surface area contributed by atoms with E-state index in [1.807, 2.05) is 11.3 Å². The molecule has 0 unspecified atom stereocenters. The van der Waals surface area contributed by atoms with Gasteiger partial charge in [-0.25, -0.2) is 0 Å². The van der Waals surface area contributed by atoms with Crippen molar-refractivity contribution in [1.29, 1.82) is 0 Å². The Labute approximate surface area is 415 Å². The number of hydrogen-bond donors (Lipinski definition) is 0. The smallest absolute Gasteiger partial charge is 0.267 e. The molecule has 5 heteroatoms. The van der Waals surface area contributed by atoms with Gasteiger partial charge in [-0.3, -0.25) is 9.47 Å². The van der Waals surface area contributed by atoms with Crippen LogP contribution < -0.4 is 25.5 Å². The summed E-state index contributed by atoms with van der Waals surface area (Å²) >= 11 is 2.01. The summed E-state index contributed by atoms with van der Waals surface area (Å²) in [6.07, 6.45) is 0. The van der Waals surface area contributed by atoms with Crippen LogP contribution >= 0.6 is 11.3 Å². The number of aromatic nitrogens is 1. The van der Waals surface area contributed by atoms with Gasteiger partial charge in [-0.2, -0.15) is 0 Å². The Hall–Kier alpha value is -7.34. The lowest BCUT2D eigenvalue weighted by atomic mass is 9.36. The van der Waals surface area contributed by atoms with Crippen molar-refractivity contribution in [3.8, 4) is 16.8 Å². The van der Waals surface area contributed by atoms with E-state index in [0.717, 1.165) is 11.4 Å². The molecule has 3 nitrogen and oxygen atoms in total. The molecule has 11 aromatic rings. The summed E-state index contributed by atoms with van der Waals surface area (Å²) < 4.78 is 5.34. The Morgan fingerprint density at radius 2 is 1.01 bits per heavy atom. The van der Waals surface area contributed by atoms with Crippen LogP contribution in [0.3, 0.4) is 0 Å². The third-order valence-corrected chi connectivity index (χ3v) is 17.3.